The van der Waals surface area contributed by atoms with Gasteiger partial charge in [-0.25, -0.2) is 0 Å². The summed E-state index contributed by atoms with van der Waals surface area (Å²) in [6.07, 6.45) is 0. The molecule has 0 unspecified atom stereocenters. The van der Waals surface area contributed by atoms with Crippen LogP contribution in [0.5, 0.6) is 0 Å². The Labute approximate surface area is 108 Å². The smallest absolute Gasteiger partial charge is 0.248 e. The molecule has 0 aliphatic carbocycles. The minimum Gasteiger partial charge on any atom is -0.366 e. The molecule has 0 aromatic carbocycles. The Bertz CT molecular complexity index is 399. The molecule has 1 amide bonds. The molecule has 0 fully saturated rings. The molecule has 0 aliphatic rings. The van der Waals surface area contributed by atoms with E-state index in [0.717, 1.165) is 17.0 Å². The Morgan fingerprint density at radius 2 is 2.00 bits per heavy atom. The van der Waals surface area contributed by atoms with Crippen LogP contribution in [0.25, 0.3) is 0 Å². The Morgan fingerprint density at radius 1 is 1.39 bits per heavy atom. The molecule has 1 aromatic rings. The zero-order valence-corrected chi connectivity index (χ0v) is 12.0. The molecule has 1 rings (SSSR count). The lowest BCUT2D eigenvalue weighted by molar-refractivity contribution is -0.140. The Kier molecular flexibility index (Phi) is 4.51. The van der Waals surface area contributed by atoms with Crippen molar-refractivity contribution in [3.63, 3.8) is 0 Å². The monoisotopic (exact) mass is 254 g/mol. The second-order valence-electron chi connectivity index (χ2n) is 5.45. The molecule has 0 aliphatic heterocycles. The van der Waals surface area contributed by atoms with Crippen molar-refractivity contribution in [3.05, 3.63) is 17.0 Å². The molecule has 1 aromatic heterocycles. The van der Waals surface area contributed by atoms with Gasteiger partial charge in [-0.15, -0.1) is 0 Å². The minimum absolute atomic E-state index is 0.0510. The van der Waals surface area contributed by atoms with Crippen molar-refractivity contribution >= 4 is 5.91 Å². The first-order valence-corrected chi connectivity index (χ1v) is 6.00. The number of likely N-dealkylation sites (N-methyl/N-ethyl adjacent to an activating group) is 1. The highest BCUT2D eigenvalue weighted by molar-refractivity contribution is 5.77. The molecule has 1 heterocycles. The quantitative estimate of drug-likeness (QED) is 0.825. The zero-order valence-electron chi connectivity index (χ0n) is 12.0. The number of rotatable bonds is 4. The van der Waals surface area contributed by atoms with Crippen LogP contribution in [0.15, 0.2) is 4.52 Å². The fraction of sp³-hybridized carbons (Fsp3) is 0.692. The first kappa shape index (κ1) is 14.7. The van der Waals surface area contributed by atoms with Crippen molar-refractivity contribution in [1.29, 1.82) is 0 Å². The number of aryl methyl sites for hydroxylation is 2. The van der Waals surface area contributed by atoms with Gasteiger partial charge in [0.05, 0.1) is 17.8 Å². The summed E-state index contributed by atoms with van der Waals surface area (Å²) in [6.45, 7) is 10.1. The molecule has 0 spiro atoms. The van der Waals surface area contributed by atoms with Crippen LogP contribution >= 0.6 is 0 Å². The van der Waals surface area contributed by atoms with E-state index < -0.39 is 0 Å². The van der Waals surface area contributed by atoms with E-state index >= 15 is 0 Å². The van der Waals surface area contributed by atoms with Gasteiger partial charge in [0, 0.05) is 12.6 Å². The van der Waals surface area contributed by atoms with Gasteiger partial charge in [0.15, 0.2) is 0 Å². The molecule has 5 heteroatoms. The predicted molar refractivity (Wildman–Crippen MR) is 68.2 cm³/mol. The van der Waals surface area contributed by atoms with Gasteiger partial charge in [-0.3, -0.25) is 4.79 Å². The highest BCUT2D eigenvalue weighted by Gasteiger charge is 2.18. The molecule has 0 N–H and O–H groups in total. The van der Waals surface area contributed by atoms with Crippen LogP contribution in [-0.4, -0.2) is 35.2 Å². The number of hydrogen-bond acceptors (Lipinski definition) is 4. The highest BCUT2D eigenvalue weighted by atomic mass is 16.5. The second-order valence-corrected chi connectivity index (χ2v) is 5.45. The summed E-state index contributed by atoms with van der Waals surface area (Å²) >= 11 is 0. The Morgan fingerprint density at radius 3 is 2.44 bits per heavy atom. The number of ether oxygens (including phenoxy) is 1. The maximum Gasteiger partial charge on any atom is 0.248 e. The fourth-order valence-corrected chi connectivity index (χ4v) is 1.44. The van der Waals surface area contributed by atoms with Crippen molar-refractivity contribution < 1.29 is 14.1 Å². The summed E-state index contributed by atoms with van der Waals surface area (Å²) in [6, 6.07) is 0. The SMILES string of the molecule is Cc1noc(C)c1CN(C)C(=O)COC(C)(C)C. The summed E-state index contributed by atoms with van der Waals surface area (Å²) in [5.41, 5.74) is 1.48. The minimum atomic E-state index is -0.306. The van der Waals surface area contributed by atoms with Gasteiger partial charge in [-0.2, -0.15) is 0 Å². The van der Waals surface area contributed by atoms with Crippen LogP contribution in [0.4, 0.5) is 0 Å². The topological polar surface area (TPSA) is 55.6 Å². The van der Waals surface area contributed by atoms with Crippen LogP contribution in [0.2, 0.25) is 0 Å². The second kappa shape index (κ2) is 5.52. The van der Waals surface area contributed by atoms with E-state index in [1.807, 2.05) is 34.6 Å². The zero-order chi connectivity index (χ0) is 13.9. The van der Waals surface area contributed by atoms with Gasteiger partial charge in [-0.05, 0) is 34.6 Å². The normalized spacial score (nSPS) is 11.7. The first-order chi connectivity index (χ1) is 8.20. The molecular weight excluding hydrogens is 232 g/mol. The maximum atomic E-state index is 11.9. The summed E-state index contributed by atoms with van der Waals surface area (Å²) in [7, 11) is 1.75. The molecular formula is C13H22N2O3. The van der Waals surface area contributed by atoms with Crippen LogP contribution < -0.4 is 0 Å². The van der Waals surface area contributed by atoms with Crippen molar-refractivity contribution in [2.45, 2.75) is 46.8 Å². The number of carbonyl (C=O) groups excluding carboxylic acids is 1. The van der Waals surface area contributed by atoms with Gasteiger partial charge in [-0.1, -0.05) is 5.16 Å². The van der Waals surface area contributed by atoms with Crippen LogP contribution in [0.1, 0.15) is 37.8 Å². The van der Waals surface area contributed by atoms with E-state index in [-0.39, 0.29) is 18.1 Å². The Balaban J connectivity index is 2.55. The summed E-state index contributed by atoms with van der Waals surface area (Å²) in [5, 5.41) is 3.87. The number of aromatic nitrogens is 1. The van der Waals surface area contributed by atoms with Crippen molar-refractivity contribution in [3.8, 4) is 0 Å². The number of amides is 1. The lowest BCUT2D eigenvalue weighted by Gasteiger charge is -2.22. The molecule has 18 heavy (non-hydrogen) atoms. The fourth-order valence-electron chi connectivity index (χ4n) is 1.44. The van der Waals surface area contributed by atoms with Crippen molar-refractivity contribution in [1.82, 2.24) is 10.1 Å². The molecule has 5 nitrogen and oxygen atoms in total. The summed E-state index contributed by atoms with van der Waals surface area (Å²) in [5.74, 6) is 0.703. The van der Waals surface area contributed by atoms with Gasteiger partial charge >= 0.3 is 0 Å². The predicted octanol–water partition coefficient (Wildman–Crippen LogP) is 2.06. The van der Waals surface area contributed by atoms with E-state index in [9.17, 15) is 4.79 Å². The van der Waals surface area contributed by atoms with Crippen LogP contribution in [-0.2, 0) is 16.1 Å². The molecule has 0 atom stereocenters. The third-order valence-corrected chi connectivity index (χ3v) is 2.63. The molecule has 102 valence electrons. The van der Waals surface area contributed by atoms with Gasteiger partial charge in [0.2, 0.25) is 5.91 Å². The van der Waals surface area contributed by atoms with E-state index in [2.05, 4.69) is 5.16 Å². The van der Waals surface area contributed by atoms with E-state index in [0.29, 0.717) is 6.54 Å². The van der Waals surface area contributed by atoms with Crippen molar-refractivity contribution in [2.24, 2.45) is 0 Å². The number of nitrogens with zero attached hydrogens (tertiary/aromatic N) is 2. The van der Waals surface area contributed by atoms with E-state index in [1.54, 1.807) is 11.9 Å². The number of hydrogen-bond donors (Lipinski definition) is 0. The van der Waals surface area contributed by atoms with E-state index in [1.165, 1.54) is 0 Å². The molecule has 0 bridgehead atoms. The van der Waals surface area contributed by atoms with Gasteiger partial charge in [0.25, 0.3) is 0 Å². The maximum absolute atomic E-state index is 11.9. The first-order valence-electron chi connectivity index (χ1n) is 6.00. The van der Waals surface area contributed by atoms with E-state index in [4.69, 9.17) is 9.26 Å². The highest BCUT2D eigenvalue weighted by Crippen LogP contribution is 2.14. The lowest BCUT2D eigenvalue weighted by atomic mass is 10.2. The van der Waals surface area contributed by atoms with Gasteiger partial charge < -0.3 is 14.2 Å². The number of carbonyl (C=O) groups is 1. The summed E-state index contributed by atoms with van der Waals surface area (Å²) < 4.78 is 10.5. The van der Waals surface area contributed by atoms with Crippen molar-refractivity contribution in [2.75, 3.05) is 13.7 Å². The lowest BCUT2D eigenvalue weighted by Crippen LogP contribution is -2.33. The van der Waals surface area contributed by atoms with Crippen LogP contribution in [0, 0.1) is 13.8 Å². The average Bonchev–Trinajstić information content (AvgIpc) is 2.56. The summed E-state index contributed by atoms with van der Waals surface area (Å²) in [4.78, 5) is 13.5. The standard InChI is InChI=1S/C13H22N2O3/c1-9-11(10(2)18-14-9)7-15(6)12(16)8-17-13(3,4)5/h7-8H2,1-6H3. The Hall–Kier alpha value is -1.36. The van der Waals surface area contributed by atoms with Crippen LogP contribution in [0.3, 0.4) is 0 Å². The average molecular weight is 254 g/mol. The third-order valence-electron chi connectivity index (χ3n) is 2.63. The molecule has 0 saturated heterocycles. The molecule has 0 saturated carbocycles. The molecule has 0 radical (unpaired) electrons. The largest absolute Gasteiger partial charge is 0.366 e. The third kappa shape index (κ3) is 4.14. The van der Waals surface area contributed by atoms with Gasteiger partial charge in [0.1, 0.15) is 12.4 Å².